The average molecular weight is 397 g/mol. The number of likely N-dealkylation sites (tertiary alicyclic amines) is 1. The topological polar surface area (TPSA) is 61.8 Å². The SMILES string of the molecule is CC[C@H]1CN(Cc2ccc(OC)cc2O)CC[C@H]1CC(=O)NCc1ccccc1. The van der Waals surface area contributed by atoms with Gasteiger partial charge in [-0.15, -0.1) is 0 Å². The molecule has 1 aliphatic rings. The van der Waals surface area contributed by atoms with Crippen molar-refractivity contribution < 1.29 is 14.6 Å². The minimum absolute atomic E-state index is 0.138. The summed E-state index contributed by atoms with van der Waals surface area (Å²) in [6.45, 7) is 5.41. The lowest BCUT2D eigenvalue weighted by Gasteiger charge is -2.38. The van der Waals surface area contributed by atoms with Gasteiger partial charge in [0.25, 0.3) is 0 Å². The molecule has 2 aromatic carbocycles. The second-order valence-electron chi connectivity index (χ2n) is 7.91. The third kappa shape index (κ3) is 5.97. The van der Waals surface area contributed by atoms with Crippen LogP contribution >= 0.6 is 0 Å². The fraction of sp³-hybridized carbons (Fsp3) is 0.458. The van der Waals surface area contributed by atoms with E-state index in [0.29, 0.717) is 30.6 Å². The molecule has 2 aromatic rings. The van der Waals surface area contributed by atoms with Gasteiger partial charge in [-0.1, -0.05) is 49.7 Å². The quantitative estimate of drug-likeness (QED) is 0.709. The summed E-state index contributed by atoms with van der Waals surface area (Å²) in [5.41, 5.74) is 2.04. The molecule has 1 heterocycles. The normalized spacial score (nSPS) is 19.7. The fourth-order valence-corrected chi connectivity index (χ4v) is 4.18. The summed E-state index contributed by atoms with van der Waals surface area (Å²) in [5, 5.41) is 13.3. The highest BCUT2D eigenvalue weighted by atomic mass is 16.5. The smallest absolute Gasteiger partial charge is 0.220 e. The van der Waals surface area contributed by atoms with Crippen molar-refractivity contribution in [1.29, 1.82) is 0 Å². The summed E-state index contributed by atoms with van der Waals surface area (Å²) >= 11 is 0. The van der Waals surface area contributed by atoms with Crippen molar-refractivity contribution in [1.82, 2.24) is 10.2 Å². The number of phenols is 1. The first-order valence-electron chi connectivity index (χ1n) is 10.5. The number of amides is 1. The van der Waals surface area contributed by atoms with Gasteiger partial charge in [-0.05, 0) is 36.4 Å². The van der Waals surface area contributed by atoms with E-state index < -0.39 is 0 Å². The highest BCUT2D eigenvalue weighted by Crippen LogP contribution is 2.31. The first kappa shape index (κ1) is 21.2. The Morgan fingerprint density at radius 1 is 1.21 bits per heavy atom. The second-order valence-corrected chi connectivity index (χ2v) is 7.91. The van der Waals surface area contributed by atoms with Gasteiger partial charge in [0, 0.05) is 37.7 Å². The Bertz CT molecular complexity index is 794. The first-order valence-corrected chi connectivity index (χ1v) is 10.5. The molecular weight excluding hydrogens is 364 g/mol. The molecule has 1 aliphatic heterocycles. The third-order valence-electron chi connectivity index (χ3n) is 5.97. The maximum Gasteiger partial charge on any atom is 0.220 e. The molecule has 5 nitrogen and oxygen atoms in total. The molecule has 0 bridgehead atoms. The summed E-state index contributed by atoms with van der Waals surface area (Å²) in [6.07, 6.45) is 2.66. The Balaban J connectivity index is 1.50. The Labute approximate surface area is 173 Å². The van der Waals surface area contributed by atoms with Gasteiger partial charge in [0.2, 0.25) is 5.91 Å². The van der Waals surface area contributed by atoms with Gasteiger partial charge in [0.05, 0.1) is 7.11 Å². The van der Waals surface area contributed by atoms with E-state index in [2.05, 4.69) is 17.1 Å². The Kier molecular flexibility index (Phi) is 7.53. The monoisotopic (exact) mass is 396 g/mol. The molecule has 29 heavy (non-hydrogen) atoms. The van der Waals surface area contributed by atoms with Crippen LogP contribution in [0.2, 0.25) is 0 Å². The molecular formula is C24H32N2O3. The number of benzene rings is 2. The van der Waals surface area contributed by atoms with Gasteiger partial charge >= 0.3 is 0 Å². The van der Waals surface area contributed by atoms with Gasteiger partial charge in [0.15, 0.2) is 0 Å². The van der Waals surface area contributed by atoms with Gasteiger partial charge < -0.3 is 15.2 Å². The number of nitrogens with one attached hydrogen (secondary N) is 1. The Hall–Kier alpha value is -2.53. The molecule has 5 heteroatoms. The van der Waals surface area contributed by atoms with Crippen LogP contribution in [0.3, 0.4) is 0 Å². The van der Waals surface area contributed by atoms with Gasteiger partial charge in [-0.3, -0.25) is 9.69 Å². The van der Waals surface area contributed by atoms with Crippen molar-refractivity contribution in [2.24, 2.45) is 11.8 Å². The molecule has 0 aliphatic carbocycles. The zero-order chi connectivity index (χ0) is 20.6. The number of ether oxygens (including phenoxy) is 1. The number of methoxy groups -OCH3 is 1. The van der Waals surface area contributed by atoms with E-state index in [1.807, 2.05) is 42.5 Å². The van der Waals surface area contributed by atoms with Crippen molar-refractivity contribution in [3.63, 3.8) is 0 Å². The Morgan fingerprint density at radius 3 is 2.69 bits per heavy atom. The van der Waals surface area contributed by atoms with Crippen molar-refractivity contribution in [3.05, 3.63) is 59.7 Å². The van der Waals surface area contributed by atoms with Crippen molar-refractivity contribution in [2.75, 3.05) is 20.2 Å². The summed E-state index contributed by atoms with van der Waals surface area (Å²) in [4.78, 5) is 14.8. The minimum Gasteiger partial charge on any atom is -0.507 e. The summed E-state index contributed by atoms with van der Waals surface area (Å²) in [6, 6.07) is 15.5. The summed E-state index contributed by atoms with van der Waals surface area (Å²) < 4.78 is 5.16. The van der Waals surface area contributed by atoms with E-state index in [1.54, 1.807) is 13.2 Å². The van der Waals surface area contributed by atoms with E-state index in [4.69, 9.17) is 4.74 Å². The molecule has 1 saturated heterocycles. The molecule has 2 atom stereocenters. The lowest BCUT2D eigenvalue weighted by Crippen LogP contribution is -2.41. The number of rotatable bonds is 8. The van der Waals surface area contributed by atoms with E-state index in [9.17, 15) is 9.90 Å². The van der Waals surface area contributed by atoms with Crippen LogP contribution in [0, 0.1) is 11.8 Å². The zero-order valence-corrected chi connectivity index (χ0v) is 17.4. The molecule has 2 N–H and O–H groups in total. The predicted molar refractivity (Wildman–Crippen MR) is 115 cm³/mol. The number of carbonyl (C=O) groups excluding carboxylic acids is 1. The van der Waals surface area contributed by atoms with Gasteiger partial charge in [-0.2, -0.15) is 0 Å². The number of nitrogens with zero attached hydrogens (tertiary/aromatic N) is 1. The second kappa shape index (κ2) is 10.3. The van der Waals surface area contributed by atoms with Crippen molar-refractivity contribution in [2.45, 2.75) is 39.3 Å². The maximum atomic E-state index is 12.5. The number of hydrogen-bond donors (Lipinski definition) is 2. The number of phenolic OH excluding ortho intramolecular Hbond substituents is 1. The van der Waals surface area contributed by atoms with E-state index in [-0.39, 0.29) is 11.7 Å². The summed E-state index contributed by atoms with van der Waals surface area (Å²) in [7, 11) is 1.60. The van der Waals surface area contributed by atoms with Crippen LogP contribution in [0.4, 0.5) is 0 Å². The van der Waals surface area contributed by atoms with Crippen LogP contribution in [-0.2, 0) is 17.9 Å². The number of hydrogen-bond acceptors (Lipinski definition) is 4. The molecule has 0 saturated carbocycles. The fourth-order valence-electron chi connectivity index (χ4n) is 4.18. The molecule has 1 amide bonds. The highest BCUT2D eigenvalue weighted by molar-refractivity contribution is 5.76. The predicted octanol–water partition coefficient (Wildman–Crippen LogP) is 3.96. The molecule has 0 unspecified atom stereocenters. The van der Waals surface area contributed by atoms with E-state index in [1.165, 1.54) is 0 Å². The number of piperidine rings is 1. The molecule has 156 valence electrons. The lowest BCUT2D eigenvalue weighted by molar-refractivity contribution is -0.123. The number of carbonyl (C=O) groups is 1. The zero-order valence-electron chi connectivity index (χ0n) is 17.4. The molecule has 1 fully saturated rings. The molecule has 3 rings (SSSR count). The lowest BCUT2D eigenvalue weighted by atomic mass is 9.81. The van der Waals surface area contributed by atoms with Crippen LogP contribution in [0.25, 0.3) is 0 Å². The number of aromatic hydroxyl groups is 1. The third-order valence-corrected chi connectivity index (χ3v) is 5.97. The van der Waals surface area contributed by atoms with Crippen LogP contribution < -0.4 is 10.1 Å². The molecule has 0 aromatic heterocycles. The largest absolute Gasteiger partial charge is 0.507 e. The highest BCUT2D eigenvalue weighted by Gasteiger charge is 2.29. The van der Waals surface area contributed by atoms with Crippen molar-refractivity contribution >= 4 is 5.91 Å². The van der Waals surface area contributed by atoms with Crippen LogP contribution in [0.1, 0.15) is 37.3 Å². The van der Waals surface area contributed by atoms with Gasteiger partial charge in [0.1, 0.15) is 11.5 Å². The van der Waals surface area contributed by atoms with E-state index in [0.717, 1.165) is 43.6 Å². The van der Waals surface area contributed by atoms with Crippen LogP contribution in [-0.4, -0.2) is 36.1 Å². The molecule has 0 radical (unpaired) electrons. The van der Waals surface area contributed by atoms with Crippen LogP contribution in [0.5, 0.6) is 11.5 Å². The van der Waals surface area contributed by atoms with Crippen LogP contribution in [0.15, 0.2) is 48.5 Å². The minimum atomic E-state index is 0.138. The standard InChI is InChI=1S/C24H32N2O3/c1-3-19-16-26(17-21-9-10-22(29-2)14-23(21)27)12-11-20(19)13-24(28)25-15-18-7-5-4-6-8-18/h4-10,14,19-20,27H,3,11-13,15-17H2,1-2H3,(H,25,28)/t19-,20-/m0/s1. The Morgan fingerprint density at radius 2 is 2.00 bits per heavy atom. The van der Waals surface area contributed by atoms with E-state index >= 15 is 0 Å². The maximum absolute atomic E-state index is 12.5. The average Bonchev–Trinajstić information content (AvgIpc) is 2.75. The molecule has 0 spiro atoms. The first-order chi connectivity index (χ1) is 14.1. The summed E-state index contributed by atoms with van der Waals surface area (Å²) in [5.74, 6) is 1.99. The van der Waals surface area contributed by atoms with Crippen molar-refractivity contribution in [3.8, 4) is 11.5 Å². The van der Waals surface area contributed by atoms with Gasteiger partial charge in [-0.25, -0.2) is 0 Å².